The molecular weight excluding hydrogens is 243 g/mol. The molecule has 13 heavy (non-hydrogen) atoms. The second-order valence-electron chi connectivity index (χ2n) is 2.36. The largest absolute Gasteiger partial charge is 0.504 e. The summed E-state index contributed by atoms with van der Waals surface area (Å²) >= 11 is 3.01. The highest BCUT2D eigenvalue weighted by molar-refractivity contribution is 9.10. The molecule has 0 radical (unpaired) electrons. The van der Waals surface area contributed by atoms with E-state index in [4.69, 9.17) is 9.84 Å². The lowest BCUT2D eigenvalue weighted by Crippen LogP contribution is -1.95. The number of halogens is 2. The molecule has 0 amide bonds. The molecule has 2 N–H and O–H groups in total. The first-order valence-electron chi connectivity index (χ1n) is 3.46. The standard InChI is InChI=1S/C8H8BrFO3/c1-13-8-5(9)2-6(10)4(3-11)7(8)12/h2,11-12H,3H2,1H3. The lowest BCUT2D eigenvalue weighted by Gasteiger charge is -2.09. The number of hydrogen-bond donors (Lipinski definition) is 2. The van der Waals surface area contributed by atoms with Gasteiger partial charge in [0.2, 0.25) is 0 Å². The van der Waals surface area contributed by atoms with Crippen LogP contribution in [0.25, 0.3) is 0 Å². The molecule has 1 aromatic carbocycles. The molecule has 3 nitrogen and oxygen atoms in total. The third-order valence-electron chi connectivity index (χ3n) is 1.62. The van der Waals surface area contributed by atoms with Gasteiger partial charge in [-0.2, -0.15) is 0 Å². The van der Waals surface area contributed by atoms with Gasteiger partial charge < -0.3 is 14.9 Å². The van der Waals surface area contributed by atoms with E-state index in [9.17, 15) is 9.50 Å². The van der Waals surface area contributed by atoms with E-state index in [0.717, 1.165) is 6.07 Å². The zero-order valence-corrected chi connectivity index (χ0v) is 8.43. The van der Waals surface area contributed by atoms with E-state index in [-0.39, 0.29) is 17.1 Å². The molecule has 0 aliphatic heterocycles. The van der Waals surface area contributed by atoms with Crippen molar-refractivity contribution in [2.75, 3.05) is 7.11 Å². The first-order chi connectivity index (χ1) is 6.11. The van der Waals surface area contributed by atoms with Crippen molar-refractivity contribution in [3.8, 4) is 11.5 Å². The Morgan fingerprint density at radius 3 is 2.69 bits per heavy atom. The van der Waals surface area contributed by atoms with Crippen molar-refractivity contribution in [3.05, 3.63) is 21.9 Å². The third kappa shape index (κ3) is 1.76. The van der Waals surface area contributed by atoms with E-state index in [1.54, 1.807) is 0 Å². The Morgan fingerprint density at radius 2 is 2.23 bits per heavy atom. The number of aliphatic hydroxyl groups is 1. The summed E-state index contributed by atoms with van der Waals surface area (Å²) in [5.41, 5.74) is -0.167. The normalized spacial score (nSPS) is 10.2. The molecule has 1 aromatic rings. The Kier molecular flexibility index (Phi) is 3.11. The van der Waals surface area contributed by atoms with Crippen LogP contribution in [0.5, 0.6) is 11.5 Å². The molecule has 0 spiro atoms. The van der Waals surface area contributed by atoms with Gasteiger partial charge in [-0.1, -0.05) is 0 Å². The van der Waals surface area contributed by atoms with Crippen LogP contribution in [-0.2, 0) is 6.61 Å². The molecule has 0 saturated heterocycles. The second-order valence-corrected chi connectivity index (χ2v) is 3.21. The topological polar surface area (TPSA) is 49.7 Å². The van der Waals surface area contributed by atoms with Gasteiger partial charge in [0.25, 0.3) is 0 Å². The zero-order chi connectivity index (χ0) is 10.0. The van der Waals surface area contributed by atoms with Crippen LogP contribution in [-0.4, -0.2) is 17.3 Å². The quantitative estimate of drug-likeness (QED) is 0.842. The fourth-order valence-electron chi connectivity index (χ4n) is 0.972. The van der Waals surface area contributed by atoms with Gasteiger partial charge in [0, 0.05) is 0 Å². The van der Waals surface area contributed by atoms with Crippen molar-refractivity contribution in [1.82, 2.24) is 0 Å². The van der Waals surface area contributed by atoms with Gasteiger partial charge in [-0.25, -0.2) is 4.39 Å². The molecule has 0 saturated carbocycles. The van der Waals surface area contributed by atoms with E-state index < -0.39 is 12.4 Å². The van der Waals surface area contributed by atoms with Gasteiger partial charge in [-0.05, 0) is 22.0 Å². The average Bonchev–Trinajstić information content (AvgIpc) is 2.04. The highest BCUT2D eigenvalue weighted by Crippen LogP contribution is 2.38. The Hall–Kier alpha value is -0.810. The van der Waals surface area contributed by atoms with Crippen LogP contribution in [0.2, 0.25) is 0 Å². The maximum atomic E-state index is 13.0. The number of hydrogen-bond acceptors (Lipinski definition) is 3. The van der Waals surface area contributed by atoms with Crippen molar-refractivity contribution in [3.63, 3.8) is 0 Å². The minimum Gasteiger partial charge on any atom is -0.504 e. The number of phenols is 1. The predicted octanol–water partition coefficient (Wildman–Crippen LogP) is 1.79. The summed E-state index contributed by atoms with van der Waals surface area (Å²) in [6.07, 6.45) is 0. The smallest absolute Gasteiger partial charge is 0.175 e. The molecule has 0 aliphatic rings. The number of aliphatic hydroxyl groups excluding tert-OH is 1. The molecule has 1 rings (SSSR count). The molecule has 0 aromatic heterocycles. The van der Waals surface area contributed by atoms with Gasteiger partial charge in [0.1, 0.15) is 5.82 Å². The molecule has 0 heterocycles. The molecular formula is C8H8BrFO3. The number of rotatable bonds is 2. The molecule has 0 unspecified atom stereocenters. The van der Waals surface area contributed by atoms with Gasteiger partial charge >= 0.3 is 0 Å². The highest BCUT2D eigenvalue weighted by atomic mass is 79.9. The molecule has 0 bridgehead atoms. The van der Waals surface area contributed by atoms with Crippen LogP contribution in [0.4, 0.5) is 4.39 Å². The van der Waals surface area contributed by atoms with Gasteiger partial charge in [-0.3, -0.25) is 0 Å². The molecule has 72 valence electrons. The molecule has 0 aliphatic carbocycles. The van der Waals surface area contributed by atoms with E-state index in [0.29, 0.717) is 4.47 Å². The van der Waals surface area contributed by atoms with Crippen molar-refractivity contribution < 1.29 is 19.3 Å². The van der Waals surface area contributed by atoms with Gasteiger partial charge in [0.15, 0.2) is 11.5 Å². The lowest BCUT2D eigenvalue weighted by atomic mass is 10.2. The molecule has 5 heteroatoms. The minimum absolute atomic E-state index is 0.116. The Bertz CT molecular complexity index is 299. The number of benzene rings is 1. The number of aromatic hydroxyl groups is 1. The van der Waals surface area contributed by atoms with E-state index in [1.165, 1.54) is 7.11 Å². The highest BCUT2D eigenvalue weighted by Gasteiger charge is 2.16. The maximum absolute atomic E-state index is 13.0. The van der Waals surface area contributed by atoms with E-state index in [1.807, 2.05) is 0 Å². The molecule has 0 fully saturated rings. The lowest BCUT2D eigenvalue weighted by molar-refractivity contribution is 0.265. The predicted molar refractivity (Wildman–Crippen MR) is 48.2 cm³/mol. The van der Waals surface area contributed by atoms with Crippen LogP contribution in [0.1, 0.15) is 5.56 Å². The van der Waals surface area contributed by atoms with Crippen LogP contribution in [0, 0.1) is 5.82 Å². The Labute approximate surface area is 82.9 Å². The summed E-state index contributed by atoms with van der Waals surface area (Å²) in [6, 6.07) is 1.13. The van der Waals surface area contributed by atoms with Crippen LogP contribution < -0.4 is 4.74 Å². The summed E-state index contributed by atoms with van der Waals surface area (Å²) in [4.78, 5) is 0. The van der Waals surface area contributed by atoms with E-state index in [2.05, 4.69) is 15.9 Å². The van der Waals surface area contributed by atoms with Crippen LogP contribution in [0.3, 0.4) is 0 Å². The maximum Gasteiger partial charge on any atom is 0.175 e. The van der Waals surface area contributed by atoms with E-state index >= 15 is 0 Å². The summed E-state index contributed by atoms with van der Waals surface area (Å²) in [6.45, 7) is -0.568. The van der Waals surface area contributed by atoms with Gasteiger partial charge in [-0.15, -0.1) is 0 Å². The SMILES string of the molecule is COc1c(Br)cc(F)c(CO)c1O. The minimum atomic E-state index is -0.673. The van der Waals surface area contributed by atoms with Crippen LogP contribution in [0.15, 0.2) is 10.5 Å². The number of methoxy groups -OCH3 is 1. The Balaban J connectivity index is 3.39. The average molecular weight is 251 g/mol. The summed E-state index contributed by atoms with van der Waals surface area (Å²) in [7, 11) is 1.35. The van der Waals surface area contributed by atoms with Crippen molar-refractivity contribution in [2.45, 2.75) is 6.61 Å². The monoisotopic (exact) mass is 250 g/mol. The third-order valence-corrected chi connectivity index (χ3v) is 2.21. The van der Waals surface area contributed by atoms with Crippen molar-refractivity contribution >= 4 is 15.9 Å². The van der Waals surface area contributed by atoms with Crippen molar-refractivity contribution in [1.29, 1.82) is 0 Å². The number of ether oxygens (including phenoxy) is 1. The first kappa shape index (κ1) is 10.3. The zero-order valence-electron chi connectivity index (χ0n) is 6.84. The fourth-order valence-corrected chi connectivity index (χ4v) is 1.52. The summed E-state index contributed by atoms with van der Waals surface area (Å²) in [5.74, 6) is -0.935. The summed E-state index contributed by atoms with van der Waals surface area (Å²) in [5, 5.41) is 18.1. The first-order valence-corrected chi connectivity index (χ1v) is 4.25. The van der Waals surface area contributed by atoms with Crippen molar-refractivity contribution in [2.24, 2.45) is 0 Å². The molecule has 0 atom stereocenters. The summed E-state index contributed by atoms with van der Waals surface area (Å²) < 4.78 is 18.1. The Morgan fingerprint density at radius 1 is 1.62 bits per heavy atom. The second kappa shape index (κ2) is 3.93. The van der Waals surface area contributed by atoms with Gasteiger partial charge in [0.05, 0.1) is 23.8 Å². The van der Waals surface area contributed by atoms with Crippen LogP contribution >= 0.6 is 15.9 Å². The fraction of sp³-hybridized carbons (Fsp3) is 0.250.